The summed E-state index contributed by atoms with van der Waals surface area (Å²) in [6, 6.07) is -0.361. The lowest BCUT2D eigenvalue weighted by Gasteiger charge is -2.37. The van der Waals surface area contributed by atoms with Crippen molar-refractivity contribution in [1.29, 1.82) is 0 Å². The summed E-state index contributed by atoms with van der Waals surface area (Å²) >= 11 is 0. The standard InChI is InChI=1S/C13H18N4O2/c1-14-12(18)11-7-16(13(19)9-3-2-4-9)6-10-5-15-8-17(10)11/h5,8-9,11H,2-4,6-7H2,1H3,(H,14,18)/t11-/m0/s1. The summed E-state index contributed by atoms with van der Waals surface area (Å²) < 4.78 is 1.86. The van der Waals surface area contributed by atoms with Crippen LogP contribution in [-0.4, -0.2) is 39.9 Å². The van der Waals surface area contributed by atoms with Crippen molar-refractivity contribution in [3.63, 3.8) is 0 Å². The Morgan fingerprint density at radius 3 is 2.84 bits per heavy atom. The number of carbonyl (C=O) groups excluding carboxylic acids is 2. The number of nitrogens with zero attached hydrogens (tertiary/aromatic N) is 3. The van der Waals surface area contributed by atoms with Gasteiger partial charge in [-0.3, -0.25) is 9.59 Å². The van der Waals surface area contributed by atoms with Crippen molar-refractivity contribution in [2.24, 2.45) is 5.92 Å². The Bertz CT molecular complexity index is 506. The number of rotatable bonds is 2. The monoisotopic (exact) mass is 262 g/mol. The number of aromatic nitrogens is 2. The molecule has 1 atom stereocenters. The molecule has 0 unspecified atom stereocenters. The number of amides is 2. The molecule has 0 bridgehead atoms. The zero-order chi connectivity index (χ0) is 13.4. The molecule has 19 heavy (non-hydrogen) atoms. The van der Waals surface area contributed by atoms with Gasteiger partial charge >= 0.3 is 0 Å². The van der Waals surface area contributed by atoms with Gasteiger partial charge in [-0.25, -0.2) is 4.98 Å². The lowest BCUT2D eigenvalue weighted by atomic mass is 9.84. The molecule has 6 nitrogen and oxygen atoms in total. The van der Waals surface area contributed by atoms with Crippen molar-refractivity contribution < 1.29 is 9.59 Å². The van der Waals surface area contributed by atoms with E-state index in [2.05, 4.69) is 10.3 Å². The van der Waals surface area contributed by atoms with Crippen molar-refractivity contribution in [3.8, 4) is 0 Å². The first-order chi connectivity index (χ1) is 9.20. The molecule has 2 heterocycles. The van der Waals surface area contributed by atoms with Crippen molar-refractivity contribution in [3.05, 3.63) is 18.2 Å². The fourth-order valence-electron chi connectivity index (χ4n) is 2.75. The zero-order valence-corrected chi connectivity index (χ0v) is 11.0. The lowest BCUT2D eigenvalue weighted by Crippen LogP contribution is -2.48. The largest absolute Gasteiger partial charge is 0.357 e. The third-order valence-electron chi connectivity index (χ3n) is 4.14. The summed E-state index contributed by atoms with van der Waals surface area (Å²) in [7, 11) is 1.62. The predicted molar refractivity (Wildman–Crippen MR) is 68.1 cm³/mol. The molecule has 0 spiro atoms. The van der Waals surface area contributed by atoms with E-state index in [9.17, 15) is 9.59 Å². The van der Waals surface area contributed by atoms with Gasteiger partial charge in [-0.05, 0) is 12.8 Å². The molecule has 1 aromatic heterocycles. The number of carbonyl (C=O) groups is 2. The maximum absolute atomic E-state index is 12.3. The van der Waals surface area contributed by atoms with Crippen LogP contribution in [0.15, 0.2) is 12.5 Å². The summed E-state index contributed by atoms with van der Waals surface area (Å²) in [6.07, 6.45) is 6.51. The Kier molecular flexibility index (Phi) is 3.00. The normalized spacial score (nSPS) is 22.6. The number of likely N-dealkylation sites (N-methyl/N-ethyl adjacent to an activating group) is 1. The molecule has 6 heteroatoms. The number of hydrogen-bond acceptors (Lipinski definition) is 3. The smallest absolute Gasteiger partial charge is 0.244 e. The molecule has 1 fully saturated rings. The molecule has 2 amide bonds. The molecular formula is C13H18N4O2. The Hall–Kier alpha value is -1.85. The molecule has 0 radical (unpaired) electrons. The molecular weight excluding hydrogens is 244 g/mol. The van der Waals surface area contributed by atoms with Crippen molar-refractivity contribution in [1.82, 2.24) is 19.8 Å². The van der Waals surface area contributed by atoms with Crippen LogP contribution in [0.5, 0.6) is 0 Å². The minimum absolute atomic E-state index is 0.0784. The number of nitrogens with one attached hydrogen (secondary N) is 1. The first-order valence-electron chi connectivity index (χ1n) is 6.72. The third-order valence-corrected chi connectivity index (χ3v) is 4.14. The molecule has 0 aromatic carbocycles. The second kappa shape index (κ2) is 4.68. The van der Waals surface area contributed by atoms with Crippen LogP contribution in [0.4, 0.5) is 0 Å². The molecule has 1 N–H and O–H groups in total. The van der Waals surface area contributed by atoms with E-state index in [1.807, 2.05) is 4.57 Å². The van der Waals surface area contributed by atoms with Gasteiger partial charge < -0.3 is 14.8 Å². The highest BCUT2D eigenvalue weighted by atomic mass is 16.2. The highest BCUT2D eigenvalue weighted by Crippen LogP contribution is 2.31. The third kappa shape index (κ3) is 2.01. The summed E-state index contributed by atoms with van der Waals surface area (Å²) in [5, 5.41) is 2.66. The van der Waals surface area contributed by atoms with Crippen LogP contribution in [0.1, 0.15) is 31.0 Å². The number of hydrogen-bond donors (Lipinski definition) is 1. The fraction of sp³-hybridized carbons (Fsp3) is 0.615. The topological polar surface area (TPSA) is 67.2 Å². The average Bonchev–Trinajstić information content (AvgIpc) is 2.82. The first-order valence-corrected chi connectivity index (χ1v) is 6.72. The Labute approximate surface area is 111 Å². The van der Waals surface area contributed by atoms with Gasteiger partial charge in [0.2, 0.25) is 11.8 Å². The van der Waals surface area contributed by atoms with E-state index in [1.54, 1.807) is 24.5 Å². The van der Waals surface area contributed by atoms with Crippen LogP contribution in [0.2, 0.25) is 0 Å². The molecule has 0 saturated heterocycles. The van der Waals surface area contributed by atoms with Gasteiger partial charge in [0.25, 0.3) is 0 Å². The molecule has 3 rings (SSSR count). The highest BCUT2D eigenvalue weighted by Gasteiger charge is 2.36. The molecule has 2 aliphatic rings. The van der Waals surface area contributed by atoms with Gasteiger partial charge in [0.15, 0.2) is 0 Å². The van der Waals surface area contributed by atoms with Crippen LogP contribution in [0.25, 0.3) is 0 Å². The summed E-state index contributed by atoms with van der Waals surface area (Å²) in [5.41, 5.74) is 0.924. The van der Waals surface area contributed by atoms with Gasteiger partial charge in [-0.15, -0.1) is 0 Å². The molecule has 1 aromatic rings. The minimum atomic E-state index is -0.361. The first kappa shape index (κ1) is 12.2. The molecule has 1 saturated carbocycles. The average molecular weight is 262 g/mol. The van der Waals surface area contributed by atoms with Crippen LogP contribution >= 0.6 is 0 Å². The Morgan fingerprint density at radius 2 is 2.21 bits per heavy atom. The summed E-state index contributed by atoms with van der Waals surface area (Å²) in [4.78, 5) is 30.2. The second-order valence-corrected chi connectivity index (χ2v) is 5.27. The molecule has 1 aliphatic carbocycles. The number of fused-ring (bicyclic) bond motifs is 1. The molecule has 102 valence electrons. The Morgan fingerprint density at radius 1 is 1.42 bits per heavy atom. The minimum Gasteiger partial charge on any atom is -0.357 e. The number of imidazole rings is 1. The van der Waals surface area contributed by atoms with Gasteiger partial charge in [-0.2, -0.15) is 0 Å². The van der Waals surface area contributed by atoms with E-state index in [0.29, 0.717) is 13.1 Å². The van der Waals surface area contributed by atoms with Crippen LogP contribution in [0.3, 0.4) is 0 Å². The maximum atomic E-state index is 12.3. The SMILES string of the molecule is CNC(=O)[C@@H]1CN(C(=O)C2CCC2)Cc2cncn21. The Balaban J connectivity index is 1.83. The van der Waals surface area contributed by atoms with Crippen molar-refractivity contribution >= 4 is 11.8 Å². The zero-order valence-electron chi connectivity index (χ0n) is 11.0. The van der Waals surface area contributed by atoms with Crippen LogP contribution < -0.4 is 5.32 Å². The van der Waals surface area contributed by atoms with E-state index in [1.165, 1.54) is 0 Å². The van der Waals surface area contributed by atoms with Gasteiger partial charge in [0.1, 0.15) is 6.04 Å². The van der Waals surface area contributed by atoms with Gasteiger partial charge in [0.05, 0.1) is 25.1 Å². The fourth-order valence-corrected chi connectivity index (χ4v) is 2.75. The van der Waals surface area contributed by atoms with E-state index >= 15 is 0 Å². The molecule has 1 aliphatic heterocycles. The van der Waals surface area contributed by atoms with Crippen LogP contribution in [-0.2, 0) is 16.1 Å². The van der Waals surface area contributed by atoms with E-state index in [-0.39, 0.29) is 23.8 Å². The predicted octanol–water partition coefficient (Wildman–Crippen LogP) is 0.312. The van der Waals surface area contributed by atoms with E-state index < -0.39 is 0 Å². The lowest BCUT2D eigenvalue weighted by molar-refractivity contribution is -0.141. The maximum Gasteiger partial charge on any atom is 0.244 e. The van der Waals surface area contributed by atoms with E-state index in [0.717, 1.165) is 25.0 Å². The van der Waals surface area contributed by atoms with Crippen molar-refractivity contribution in [2.45, 2.75) is 31.8 Å². The second-order valence-electron chi connectivity index (χ2n) is 5.27. The van der Waals surface area contributed by atoms with Crippen LogP contribution in [0, 0.1) is 5.92 Å². The summed E-state index contributed by atoms with van der Waals surface area (Å²) in [6.45, 7) is 1.00. The van der Waals surface area contributed by atoms with Gasteiger partial charge in [0, 0.05) is 19.2 Å². The van der Waals surface area contributed by atoms with Crippen molar-refractivity contribution in [2.75, 3.05) is 13.6 Å². The highest BCUT2D eigenvalue weighted by molar-refractivity contribution is 5.83. The quantitative estimate of drug-likeness (QED) is 0.834. The summed E-state index contributed by atoms with van der Waals surface area (Å²) in [5.74, 6) is 0.276. The van der Waals surface area contributed by atoms with E-state index in [4.69, 9.17) is 0 Å². The van der Waals surface area contributed by atoms with Gasteiger partial charge in [-0.1, -0.05) is 6.42 Å².